The molecule has 0 saturated carbocycles. The van der Waals surface area contributed by atoms with Gasteiger partial charge in [0.2, 0.25) is 5.01 Å². The number of hydrogen-bond donors (Lipinski definition) is 2. The number of likely N-dealkylation sites (tertiary alicyclic amines) is 1. The monoisotopic (exact) mass is 455 g/mol. The number of piperidine rings is 1. The standard InChI is InChI=1S/C22H22FN5O3S/c1-31-18-10-8-17(9-11-18)25-22(30)28-12-2-3-14(13-28)20-26-27-21(32-20)19(29)24-16-6-4-15(23)5-7-16/h4-11,14H,2-3,12-13H2,1H3,(H,24,29)(H,25,30)/t14-/m0/s1. The van der Waals surface area contributed by atoms with Gasteiger partial charge < -0.3 is 20.3 Å². The van der Waals surface area contributed by atoms with E-state index in [0.29, 0.717) is 24.5 Å². The number of methoxy groups -OCH3 is 1. The fraction of sp³-hybridized carbons (Fsp3) is 0.273. The van der Waals surface area contributed by atoms with Gasteiger partial charge in [-0.3, -0.25) is 4.79 Å². The Hall–Kier alpha value is -3.53. The van der Waals surface area contributed by atoms with Gasteiger partial charge in [-0.25, -0.2) is 9.18 Å². The summed E-state index contributed by atoms with van der Waals surface area (Å²) < 4.78 is 18.2. The molecule has 1 aliphatic heterocycles. The number of nitrogens with one attached hydrogen (secondary N) is 2. The lowest BCUT2D eigenvalue weighted by molar-refractivity contribution is 0.102. The molecule has 2 heterocycles. The molecule has 10 heteroatoms. The quantitative estimate of drug-likeness (QED) is 0.596. The van der Waals surface area contributed by atoms with Gasteiger partial charge in [0.15, 0.2) is 0 Å². The van der Waals surface area contributed by atoms with Gasteiger partial charge in [0, 0.05) is 30.4 Å². The van der Waals surface area contributed by atoms with Gasteiger partial charge in [0.25, 0.3) is 5.91 Å². The average molecular weight is 456 g/mol. The molecule has 0 bridgehead atoms. The molecule has 1 aromatic heterocycles. The first-order valence-electron chi connectivity index (χ1n) is 10.1. The number of urea groups is 1. The van der Waals surface area contributed by atoms with E-state index in [1.165, 1.54) is 35.6 Å². The third kappa shape index (κ3) is 5.20. The largest absolute Gasteiger partial charge is 0.497 e. The molecule has 2 aromatic carbocycles. The Morgan fingerprint density at radius 1 is 1.06 bits per heavy atom. The molecule has 0 aliphatic carbocycles. The number of carbonyl (C=O) groups is 2. The van der Waals surface area contributed by atoms with Crippen molar-refractivity contribution in [2.45, 2.75) is 18.8 Å². The van der Waals surface area contributed by atoms with Crippen molar-refractivity contribution in [1.82, 2.24) is 15.1 Å². The Bertz CT molecular complexity index is 1090. The number of benzene rings is 2. The van der Waals surface area contributed by atoms with Crippen molar-refractivity contribution in [1.29, 1.82) is 0 Å². The summed E-state index contributed by atoms with van der Waals surface area (Å²) >= 11 is 1.21. The van der Waals surface area contributed by atoms with E-state index in [1.54, 1.807) is 36.3 Å². The summed E-state index contributed by atoms with van der Waals surface area (Å²) in [6, 6.07) is 12.5. The summed E-state index contributed by atoms with van der Waals surface area (Å²) in [5.41, 5.74) is 1.17. The summed E-state index contributed by atoms with van der Waals surface area (Å²) in [7, 11) is 1.59. The number of halogens is 1. The highest BCUT2D eigenvalue weighted by Gasteiger charge is 2.28. The highest BCUT2D eigenvalue weighted by Crippen LogP contribution is 2.30. The molecule has 3 aromatic rings. The molecule has 8 nitrogen and oxygen atoms in total. The molecule has 1 aliphatic rings. The van der Waals surface area contributed by atoms with Crippen LogP contribution in [0.3, 0.4) is 0 Å². The van der Waals surface area contributed by atoms with Crippen LogP contribution in [0.15, 0.2) is 48.5 Å². The smallest absolute Gasteiger partial charge is 0.321 e. The van der Waals surface area contributed by atoms with Crippen molar-refractivity contribution >= 4 is 34.6 Å². The van der Waals surface area contributed by atoms with Gasteiger partial charge in [-0.15, -0.1) is 10.2 Å². The molecule has 1 atom stereocenters. The van der Waals surface area contributed by atoms with Crippen LogP contribution in [0.5, 0.6) is 5.75 Å². The Kier molecular flexibility index (Phi) is 6.60. The number of amides is 3. The molecule has 0 spiro atoms. The maximum Gasteiger partial charge on any atom is 0.321 e. The summed E-state index contributed by atoms with van der Waals surface area (Å²) in [5, 5.41) is 14.7. The van der Waals surface area contributed by atoms with Crippen LogP contribution >= 0.6 is 11.3 Å². The minimum atomic E-state index is -0.398. The van der Waals surface area contributed by atoms with E-state index in [4.69, 9.17) is 4.74 Å². The Morgan fingerprint density at radius 2 is 1.75 bits per heavy atom. The first-order valence-corrected chi connectivity index (χ1v) is 10.9. The Labute approximate surface area is 188 Å². The minimum absolute atomic E-state index is 0.00948. The third-order valence-corrected chi connectivity index (χ3v) is 6.22. The van der Waals surface area contributed by atoms with Gasteiger partial charge in [0.05, 0.1) is 7.11 Å². The maximum absolute atomic E-state index is 13.0. The van der Waals surface area contributed by atoms with Crippen molar-refractivity contribution in [3.63, 3.8) is 0 Å². The van der Waals surface area contributed by atoms with E-state index >= 15 is 0 Å². The second kappa shape index (κ2) is 9.73. The SMILES string of the molecule is COc1ccc(NC(=O)N2CCC[C@H](c3nnc(C(=O)Nc4ccc(F)cc4)s3)C2)cc1. The number of anilines is 2. The molecule has 166 valence electrons. The van der Waals surface area contributed by atoms with Crippen molar-refractivity contribution in [2.75, 3.05) is 30.8 Å². The highest BCUT2D eigenvalue weighted by molar-refractivity contribution is 7.13. The molecule has 4 rings (SSSR count). The molecule has 0 radical (unpaired) electrons. The molecule has 0 unspecified atom stereocenters. The van der Waals surface area contributed by atoms with Gasteiger partial charge in [0.1, 0.15) is 16.6 Å². The van der Waals surface area contributed by atoms with Gasteiger partial charge >= 0.3 is 6.03 Å². The van der Waals surface area contributed by atoms with Gasteiger partial charge in [-0.2, -0.15) is 0 Å². The van der Waals surface area contributed by atoms with Crippen LogP contribution in [0.1, 0.15) is 33.6 Å². The summed E-state index contributed by atoms with van der Waals surface area (Å²) in [6.45, 7) is 1.14. The van der Waals surface area contributed by atoms with E-state index < -0.39 is 5.91 Å². The zero-order valence-corrected chi connectivity index (χ0v) is 18.2. The minimum Gasteiger partial charge on any atom is -0.497 e. The molecule has 32 heavy (non-hydrogen) atoms. The van der Waals surface area contributed by atoms with Gasteiger partial charge in [-0.05, 0) is 61.4 Å². The van der Waals surface area contributed by atoms with Crippen molar-refractivity contribution in [3.05, 3.63) is 64.4 Å². The zero-order valence-electron chi connectivity index (χ0n) is 17.4. The number of hydrogen-bond acceptors (Lipinski definition) is 6. The van der Waals surface area contributed by atoms with Crippen LogP contribution in [0.25, 0.3) is 0 Å². The second-order valence-corrected chi connectivity index (χ2v) is 8.36. The second-order valence-electron chi connectivity index (χ2n) is 7.35. The number of ether oxygens (including phenoxy) is 1. The molecule has 1 fully saturated rings. The third-order valence-electron chi connectivity index (χ3n) is 5.14. The van der Waals surface area contributed by atoms with Crippen LogP contribution in [0.4, 0.5) is 20.6 Å². The lowest BCUT2D eigenvalue weighted by Gasteiger charge is -2.31. The fourth-order valence-electron chi connectivity index (χ4n) is 3.45. The first kappa shape index (κ1) is 21.7. The number of aromatic nitrogens is 2. The molecular weight excluding hydrogens is 433 g/mol. The van der Waals surface area contributed by atoms with E-state index in [9.17, 15) is 14.0 Å². The Balaban J connectivity index is 1.36. The van der Waals surface area contributed by atoms with E-state index in [2.05, 4.69) is 20.8 Å². The summed E-state index contributed by atoms with van der Waals surface area (Å²) in [6.07, 6.45) is 1.69. The van der Waals surface area contributed by atoms with E-state index in [-0.39, 0.29) is 22.8 Å². The van der Waals surface area contributed by atoms with Crippen LogP contribution < -0.4 is 15.4 Å². The predicted molar refractivity (Wildman–Crippen MR) is 120 cm³/mol. The lowest BCUT2D eigenvalue weighted by atomic mass is 9.99. The van der Waals surface area contributed by atoms with Gasteiger partial charge in [-0.1, -0.05) is 11.3 Å². The normalized spacial score (nSPS) is 15.8. The van der Waals surface area contributed by atoms with Crippen LogP contribution in [0, 0.1) is 5.82 Å². The molecule has 2 N–H and O–H groups in total. The number of rotatable bonds is 5. The summed E-state index contributed by atoms with van der Waals surface area (Å²) in [4.78, 5) is 26.9. The highest BCUT2D eigenvalue weighted by atomic mass is 32.1. The molecule has 3 amide bonds. The molecule has 1 saturated heterocycles. The Morgan fingerprint density at radius 3 is 2.47 bits per heavy atom. The zero-order chi connectivity index (χ0) is 22.5. The topological polar surface area (TPSA) is 96.4 Å². The maximum atomic E-state index is 13.0. The van der Waals surface area contributed by atoms with Crippen molar-refractivity contribution in [3.8, 4) is 5.75 Å². The van der Waals surface area contributed by atoms with E-state index in [1.807, 2.05) is 0 Å². The van der Waals surface area contributed by atoms with Crippen molar-refractivity contribution in [2.24, 2.45) is 0 Å². The van der Waals surface area contributed by atoms with Crippen molar-refractivity contribution < 1.29 is 18.7 Å². The predicted octanol–water partition coefficient (Wildman–Crippen LogP) is 4.35. The first-order chi connectivity index (χ1) is 15.5. The molecular formula is C22H22FN5O3S. The number of carbonyl (C=O) groups excluding carboxylic acids is 2. The summed E-state index contributed by atoms with van der Waals surface area (Å²) in [5.74, 6) is -0.0452. The van der Waals surface area contributed by atoms with Crippen LogP contribution in [0.2, 0.25) is 0 Å². The lowest BCUT2D eigenvalue weighted by Crippen LogP contribution is -2.41. The fourth-order valence-corrected chi connectivity index (χ4v) is 4.31. The van der Waals surface area contributed by atoms with E-state index in [0.717, 1.165) is 23.6 Å². The number of nitrogens with zero attached hydrogens (tertiary/aromatic N) is 3. The average Bonchev–Trinajstić information content (AvgIpc) is 3.32. The van der Waals surface area contributed by atoms with Crippen LogP contribution in [-0.2, 0) is 0 Å². The van der Waals surface area contributed by atoms with Crippen LogP contribution in [-0.4, -0.2) is 47.2 Å².